The van der Waals surface area contributed by atoms with Crippen LogP contribution in [0.5, 0.6) is 0 Å². The largest absolute Gasteiger partial charge is 0.416 e. The zero-order valence-corrected chi connectivity index (χ0v) is 12.5. The Labute approximate surface area is 134 Å². The highest BCUT2D eigenvalue weighted by molar-refractivity contribution is 6.04. The van der Waals surface area contributed by atoms with Gasteiger partial charge in [0.25, 0.3) is 5.91 Å². The van der Waals surface area contributed by atoms with Crippen LogP contribution in [0.25, 0.3) is 10.9 Å². The number of fused-ring (bicyclic) bond motifs is 1. The topological polar surface area (TPSA) is 86.9 Å². The third-order valence-corrected chi connectivity index (χ3v) is 4.01. The summed E-state index contributed by atoms with van der Waals surface area (Å²) in [6.45, 7) is 0.833. The Hall–Kier alpha value is -2.58. The number of piperidine rings is 1. The maximum atomic E-state index is 12.8. The third kappa shape index (κ3) is 3.34. The predicted molar refractivity (Wildman–Crippen MR) is 79.2 cm³/mol. The van der Waals surface area contributed by atoms with Gasteiger partial charge >= 0.3 is 6.18 Å². The van der Waals surface area contributed by atoms with Gasteiger partial charge in [-0.1, -0.05) is 0 Å². The molecule has 0 bridgehead atoms. The average molecular weight is 340 g/mol. The summed E-state index contributed by atoms with van der Waals surface area (Å²) in [6.07, 6.45) is -3.43. The van der Waals surface area contributed by atoms with Gasteiger partial charge in [-0.2, -0.15) is 18.3 Å². The van der Waals surface area contributed by atoms with Crippen LogP contribution >= 0.6 is 0 Å². The molecular weight excluding hydrogens is 325 g/mol. The quantitative estimate of drug-likeness (QED) is 0.797. The van der Waals surface area contributed by atoms with E-state index in [0.717, 1.165) is 18.6 Å². The first kappa shape index (κ1) is 16.3. The second-order valence-corrected chi connectivity index (χ2v) is 5.75. The van der Waals surface area contributed by atoms with Crippen molar-refractivity contribution in [2.75, 3.05) is 13.1 Å². The number of aromatic amines is 1. The molecule has 24 heavy (non-hydrogen) atoms. The summed E-state index contributed by atoms with van der Waals surface area (Å²) in [5, 5.41) is 11.8. The van der Waals surface area contributed by atoms with E-state index in [4.69, 9.17) is 0 Å². The molecule has 0 spiro atoms. The lowest BCUT2D eigenvalue weighted by molar-refractivity contribution is -0.137. The van der Waals surface area contributed by atoms with Gasteiger partial charge in [0.2, 0.25) is 5.91 Å². The number of rotatable bonds is 3. The monoisotopic (exact) mass is 340 g/mol. The van der Waals surface area contributed by atoms with Crippen molar-refractivity contribution in [1.29, 1.82) is 0 Å². The zero-order chi connectivity index (χ0) is 17.3. The number of carbonyl (C=O) groups is 2. The molecule has 0 radical (unpaired) electrons. The van der Waals surface area contributed by atoms with E-state index in [-0.39, 0.29) is 29.4 Å². The third-order valence-electron chi connectivity index (χ3n) is 4.01. The molecule has 9 heteroatoms. The number of halogens is 3. The highest BCUT2D eigenvalue weighted by Crippen LogP contribution is 2.31. The van der Waals surface area contributed by atoms with Gasteiger partial charge < -0.3 is 10.6 Å². The Morgan fingerprint density at radius 1 is 1.38 bits per heavy atom. The fraction of sp³-hybridized carbons (Fsp3) is 0.400. The average Bonchev–Trinajstić information content (AvgIpc) is 2.95. The summed E-state index contributed by atoms with van der Waals surface area (Å²) >= 11 is 0. The van der Waals surface area contributed by atoms with Crippen molar-refractivity contribution < 1.29 is 22.8 Å². The number of hydrogen-bond donors (Lipinski definition) is 3. The van der Waals surface area contributed by atoms with E-state index in [9.17, 15) is 22.8 Å². The fourth-order valence-corrected chi connectivity index (χ4v) is 2.71. The van der Waals surface area contributed by atoms with Crippen LogP contribution in [0.2, 0.25) is 0 Å². The van der Waals surface area contributed by atoms with Gasteiger partial charge in [-0.3, -0.25) is 14.7 Å². The lowest BCUT2D eigenvalue weighted by Crippen LogP contribution is -2.39. The van der Waals surface area contributed by atoms with Gasteiger partial charge in [-0.25, -0.2) is 0 Å². The Morgan fingerprint density at radius 3 is 2.88 bits per heavy atom. The summed E-state index contributed by atoms with van der Waals surface area (Å²) in [7, 11) is 0. The van der Waals surface area contributed by atoms with Gasteiger partial charge in [-0.05, 0) is 30.5 Å². The molecule has 0 aliphatic carbocycles. The first-order chi connectivity index (χ1) is 11.3. The van der Waals surface area contributed by atoms with Gasteiger partial charge in [0.05, 0.1) is 11.1 Å². The van der Waals surface area contributed by atoms with E-state index in [1.54, 1.807) is 0 Å². The number of benzene rings is 1. The molecule has 1 aromatic carbocycles. The Kier molecular flexibility index (Phi) is 4.16. The van der Waals surface area contributed by atoms with Crippen LogP contribution in [0.15, 0.2) is 18.2 Å². The molecular formula is C15H15F3N4O2. The molecule has 6 nitrogen and oxygen atoms in total. The standard InChI is InChI=1S/C15H15F3N4O2/c16-15(17,18)9-1-2-11-10(6-9)13(22-21-11)14(24)20-7-8-3-4-19-12(23)5-8/h1-2,6,8H,3-5,7H2,(H,19,23)(H,20,24)(H,21,22). The van der Waals surface area contributed by atoms with E-state index in [1.807, 2.05) is 0 Å². The minimum Gasteiger partial charge on any atom is -0.356 e. The van der Waals surface area contributed by atoms with E-state index in [0.29, 0.717) is 18.5 Å². The highest BCUT2D eigenvalue weighted by atomic mass is 19.4. The molecule has 2 aromatic rings. The summed E-state index contributed by atoms with van der Waals surface area (Å²) in [4.78, 5) is 23.5. The molecule has 0 saturated carbocycles. The minimum atomic E-state index is -4.49. The van der Waals surface area contributed by atoms with Gasteiger partial charge in [-0.15, -0.1) is 0 Å². The van der Waals surface area contributed by atoms with E-state index >= 15 is 0 Å². The summed E-state index contributed by atoms with van der Waals surface area (Å²) in [6, 6.07) is 3.08. The van der Waals surface area contributed by atoms with Crippen LogP contribution in [0, 0.1) is 5.92 Å². The van der Waals surface area contributed by atoms with Crippen molar-refractivity contribution in [1.82, 2.24) is 20.8 Å². The summed E-state index contributed by atoms with van der Waals surface area (Å²) in [5.41, 5.74) is -0.573. The van der Waals surface area contributed by atoms with Crippen LogP contribution in [-0.4, -0.2) is 35.1 Å². The number of alkyl halides is 3. The Balaban J connectivity index is 1.76. The molecule has 1 aromatic heterocycles. The van der Waals surface area contributed by atoms with Crippen molar-refractivity contribution in [3.05, 3.63) is 29.5 Å². The maximum absolute atomic E-state index is 12.8. The highest BCUT2D eigenvalue weighted by Gasteiger charge is 2.31. The molecule has 2 amide bonds. The number of H-pyrrole nitrogens is 1. The van der Waals surface area contributed by atoms with Crippen molar-refractivity contribution in [2.24, 2.45) is 5.92 Å². The van der Waals surface area contributed by atoms with E-state index in [2.05, 4.69) is 20.8 Å². The number of hydrogen-bond acceptors (Lipinski definition) is 3. The molecule has 1 saturated heterocycles. The number of carbonyl (C=O) groups excluding carboxylic acids is 2. The normalized spacial score (nSPS) is 18.5. The SMILES string of the molecule is O=C1CC(CNC(=O)c2n[nH]c3ccc(C(F)(F)F)cc23)CCN1. The molecule has 2 heterocycles. The maximum Gasteiger partial charge on any atom is 0.416 e. The summed E-state index contributed by atoms with van der Waals surface area (Å²) in [5.74, 6) is -0.620. The van der Waals surface area contributed by atoms with Crippen molar-refractivity contribution in [3.8, 4) is 0 Å². The predicted octanol–water partition coefficient (Wildman–Crippen LogP) is 1.84. The smallest absolute Gasteiger partial charge is 0.356 e. The fourth-order valence-electron chi connectivity index (χ4n) is 2.71. The zero-order valence-electron chi connectivity index (χ0n) is 12.5. The van der Waals surface area contributed by atoms with Crippen LogP contribution in [0.1, 0.15) is 28.9 Å². The van der Waals surface area contributed by atoms with Crippen molar-refractivity contribution >= 4 is 22.7 Å². The summed E-state index contributed by atoms with van der Waals surface area (Å²) < 4.78 is 38.4. The second kappa shape index (κ2) is 6.14. The van der Waals surface area contributed by atoms with E-state index in [1.165, 1.54) is 6.07 Å². The van der Waals surface area contributed by atoms with Crippen molar-refractivity contribution in [2.45, 2.75) is 19.0 Å². The van der Waals surface area contributed by atoms with E-state index < -0.39 is 17.6 Å². The Morgan fingerprint density at radius 2 is 2.17 bits per heavy atom. The number of nitrogens with zero attached hydrogens (tertiary/aromatic N) is 1. The molecule has 128 valence electrons. The first-order valence-corrected chi connectivity index (χ1v) is 7.45. The molecule has 3 N–H and O–H groups in total. The number of nitrogens with one attached hydrogen (secondary N) is 3. The lowest BCUT2D eigenvalue weighted by Gasteiger charge is -2.21. The van der Waals surface area contributed by atoms with Gasteiger partial charge in [0, 0.05) is 24.9 Å². The Bertz CT molecular complexity index is 785. The van der Waals surface area contributed by atoms with Crippen LogP contribution in [0.4, 0.5) is 13.2 Å². The first-order valence-electron chi connectivity index (χ1n) is 7.45. The van der Waals surface area contributed by atoms with Crippen LogP contribution < -0.4 is 10.6 Å². The molecule has 1 fully saturated rings. The van der Waals surface area contributed by atoms with Crippen molar-refractivity contribution in [3.63, 3.8) is 0 Å². The molecule has 1 unspecified atom stereocenters. The molecule has 3 rings (SSSR count). The second-order valence-electron chi connectivity index (χ2n) is 5.75. The molecule has 1 aliphatic rings. The lowest BCUT2D eigenvalue weighted by atomic mass is 9.97. The molecule has 1 atom stereocenters. The van der Waals surface area contributed by atoms with Crippen LogP contribution in [0.3, 0.4) is 0 Å². The number of amides is 2. The molecule has 1 aliphatic heterocycles. The minimum absolute atomic E-state index is 0.0126. The van der Waals surface area contributed by atoms with Crippen LogP contribution in [-0.2, 0) is 11.0 Å². The number of aromatic nitrogens is 2. The van der Waals surface area contributed by atoms with Gasteiger partial charge in [0.15, 0.2) is 5.69 Å². The van der Waals surface area contributed by atoms with Gasteiger partial charge in [0.1, 0.15) is 0 Å².